The maximum absolute atomic E-state index is 12.7. The van der Waals surface area contributed by atoms with Crippen molar-refractivity contribution in [2.45, 2.75) is 19.0 Å². The van der Waals surface area contributed by atoms with Gasteiger partial charge in [-0.1, -0.05) is 30.3 Å². The molecule has 1 saturated heterocycles. The number of rotatable bonds is 7. The molecule has 1 aliphatic rings. The summed E-state index contributed by atoms with van der Waals surface area (Å²) in [7, 11) is 1.58. The van der Waals surface area contributed by atoms with Crippen molar-refractivity contribution in [3.05, 3.63) is 90.0 Å². The van der Waals surface area contributed by atoms with E-state index in [1.54, 1.807) is 55.6 Å². The molecule has 2 N–H and O–H groups in total. The van der Waals surface area contributed by atoms with Crippen molar-refractivity contribution in [2.24, 2.45) is 0 Å². The number of ether oxygens (including phenoxy) is 1. The molecule has 0 saturated carbocycles. The number of methoxy groups -OCH3 is 1. The van der Waals surface area contributed by atoms with Crippen LogP contribution >= 0.6 is 0 Å². The van der Waals surface area contributed by atoms with Crippen LogP contribution in [0.3, 0.4) is 0 Å². The fourth-order valence-electron chi connectivity index (χ4n) is 3.52. The SMILES string of the molecule is COc1ccc(NC(=O)c2ccc(N[C@H]3CC(=O)N(Cc4ccccc4)C3=O)cc2)cc1. The number of carbonyl (C=O) groups is 3. The van der Waals surface area contributed by atoms with Crippen LogP contribution in [-0.4, -0.2) is 35.8 Å². The van der Waals surface area contributed by atoms with Gasteiger partial charge in [-0.2, -0.15) is 0 Å². The van der Waals surface area contributed by atoms with Crippen LogP contribution in [0.5, 0.6) is 5.75 Å². The molecule has 3 aromatic carbocycles. The first-order valence-electron chi connectivity index (χ1n) is 10.2. The predicted octanol–water partition coefficient (Wildman–Crippen LogP) is 3.69. The fraction of sp³-hybridized carbons (Fsp3) is 0.160. The van der Waals surface area contributed by atoms with Crippen LogP contribution in [-0.2, 0) is 16.1 Å². The minimum Gasteiger partial charge on any atom is -0.497 e. The molecule has 32 heavy (non-hydrogen) atoms. The maximum atomic E-state index is 12.7. The van der Waals surface area contributed by atoms with Crippen molar-refractivity contribution in [3.63, 3.8) is 0 Å². The van der Waals surface area contributed by atoms with Gasteiger partial charge in [0.1, 0.15) is 11.8 Å². The second-order valence-corrected chi connectivity index (χ2v) is 7.46. The molecule has 4 rings (SSSR count). The van der Waals surface area contributed by atoms with Crippen molar-refractivity contribution >= 4 is 29.1 Å². The molecule has 0 unspecified atom stereocenters. The van der Waals surface area contributed by atoms with Crippen molar-refractivity contribution < 1.29 is 19.1 Å². The minimum atomic E-state index is -0.620. The van der Waals surface area contributed by atoms with E-state index in [-0.39, 0.29) is 30.7 Å². The zero-order valence-electron chi connectivity index (χ0n) is 17.6. The highest BCUT2D eigenvalue weighted by Crippen LogP contribution is 2.21. The van der Waals surface area contributed by atoms with E-state index in [0.29, 0.717) is 22.7 Å². The number of carbonyl (C=O) groups excluding carboxylic acids is 3. The molecule has 162 valence electrons. The van der Waals surface area contributed by atoms with E-state index < -0.39 is 6.04 Å². The zero-order chi connectivity index (χ0) is 22.5. The van der Waals surface area contributed by atoms with Gasteiger partial charge in [0.2, 0.25) is 5.91 Å². The lowest BCUT2D eigenvalue weighted by Gasteiger charge is -2.16. The summed E-state index contributed by atoms with van der Waals surface area (Å²) in [5.41, 5.74) is 2.71. The maximum Gasteiger partial charge on any atom is 0.255 e. The van der Waals surface area contributed by atoms with E-state index in [4.69, 9.17) is 4.74 Å². The Bertz CT molecular complexity index is 1110. The van der Waals surface area contributed by atoms with Gasteiger partial charge in [0.15, 0.2) is 0 Å². The number of nitrogens with zero attached hydrogens (tertiary/aromatic N) is 1. The van der Waals surface area contributed by atoms with Crippen molar-refractivity contribution in [2.75, 3.05) is 17.7 Å². The Morgan fingerprint density at radius 2 is 1.59 bits per heavy atom. The number of benzene rings is 3. The van der Waals surface area contributed by atoms with Gasteiger partial charge in [0, 0.05) is 16.9 Å². The number of likely N-dealkylation sites (tertiary alicyclic amines) is 1. The second-order valence-electron chi connectivity index (χ2n) is 7.46. The van der Waals surface area contributed by atoms with Crippen molar-refractivity contribution in [3.8, 4) is 5.75 Å². The van der Waals surface area contributed by atoms with E-state index in [0.717, 1.165) is 5.56 Å². The highest BCUT2D eigenvalue weighted by molar-refractivity contribution is 6.07. The third kappa shape index (κ3) is 4.78. The van der Waals surface area contributed by atoms with E-state index in [9.17, 15) is 14.4 Å². The topological polar surface area (TPSA) is 87.7 Å². The summed E-state index contributed by atoms with van der Waals surface area (Å²) in [6, 6.07) is 22.6. The molecule has 3 amide bonds. The largest absolute Gasteiger partial charge is 0.497 e. The normalized spacial score (nSPS) is 15.5. The third-order valence-electron chi connectivity index (χ3n) is 5.26. The highest BCUT2D eigenvalue weighted by Gasteiger charge is 2.38. The summed E-state index contributed by atoms with van der Waals surface area (Å²) in [6.45, 7) is 0.265. The van der Waals surface area contributed by atoms with Gasteiger partial charge >= 0.3 is 0 Å². The van der Waals surface area contributed by atoms with Crippen LogP contribution in [0.2, 0.25) is 0 Å². The molecule has 0 aromatic heterocycles. The predicted molar refractivity (Wildman–Crippen MR) is 121 cm³/mol. The molecular formula is C25H23N3O4. The summed E-state index contributed by atoms with van der Waals surface area (Å²) in [5, 5.41) is 5.93. The summed E-state index contributed by atoms with van der Waals surface area (Å²) in [6.07, 6.45) is 0.103. The van der Waals surface area contributed by atoms with Gasteiger partial charge in [-0.3, -0.25) is 19.3 Å². The van der Waals surface area contributed by atoms with Crippen molar-refractivity contribution in [1.29, 1.82) is 0 Å². The number of amides is 3. The molecule has 0 spiro atoms. The number of hydrogen-bond acceptors (Lipinski definition) is 5. The summed E-state index contributed by atoms with van der Waals surface area (Å²) in [5.74, 6) is 0.00981. The minimum absolute atomic E-state index is 0.103. The summed E-state index contributed by atoms with van der Waals surface area (Å²) < 4.78 is 5.11. The van der Waals surface area contributed by atoms with E-state index in [2.05, 4.69) is 10.6 Å². The van der Waals surface area contributed by atoms with E-state index >= 15 is 0 Å². The van der Waals surface area contributed by atoms with Gasteiger partial charge in [-0.15, -0.1) is 0 Å². The van der Waals surface area contributed by atoms with Gasteiger partial charge in [-0.05, 0) is 54.1 Å². The quantitative estimate of drug-likeness (QED) is 0.560. The second kappa shape index (κ2) is 9.34. The standard InChI is InChI=1S/C25H23N3O4/c1-32-21-13-11-20(12-14-21)27-24(30)18-7-9-19(10-8-18)26-22-15-23(29)28(25(22)31)16-17-5-3-2-4-6-17/h2-14,22,26H,15-16H2,1H3,(H,27,30)/t22-/m0/s1. The van der Waals surface area contributed by atoms with Crippen LogP contribution in [0.15, 0.2) is 78.9 Å². The summed E-state index contributed by atoms with van der Waals surface area (Å²) >= 11 is 0. The fourth-order valence-corrected chi connectivity index (χ4v) is 3.52. The average Bonchev–Trinajstić information content (AvgIpc) is 3.08. The van der Waals surface area contributed by atoms with Gasteiger partial charge in [-0.25, -0.2) is 0 Å². The molecule has 0 aliphatic carbocycles. The lowest BCUT2D eigenvalue weighted by atomic mass is 10.1. The smallest absolute Gasteiger partial charge is 0.255 e. The zero-order valence-corrected chi connectivity index (χ0v) is 17.6. The molecule has 7 nitrogen and oxygen atoms in total. The van der Waals surface area contributed by atoms with Gasteiger partial charge in [0.05, 0.1) is 20.1 Å². The lowest BCUT2D eigenvalue weighted by Crippen LogP contribution is -2.34. The first-order chi connectivity index (χ1) is 15.5. The third-order valence-corrected chi connectivity index (χ3v) is 5.26. The van der Waals surface area contributed by atoms with E-state index in [1.165, 1.54) is 4.90 Å². The first kappa shape index (κ1) is 21.1. The number of hydrogen-bond donors (Lipinski definition) is 2. The first-order valence-corrected chi connectivity index (χ1v) is 10.2. The molecule has 7 heteroatoms. The Labute approximate surface area is 186 Å². The summed E-state index contributed by atoms with van der Waals surface area (Å²) in [4.78, 5) is 38.8. The van der Waals surface area contributed by atoms with Crippen LogP contribution < -0.4 is 15.4 Å². The number of imide groups is 1. The molecular weight excluding hydrogens is 406 g/mol. The van der Waals surface area contributed by atoms with E-state index in [1.807, 2.05) is 30.3 Å². The van der Waals surface area contributed by atoms with Crippen LogP contribution in [0.1, 0.15) is 22.3 Å². The average molecular weight is 429 g/mol. The van der Waals surface area contributed by atoms with Crippen LogP contribution in [0.4, 0.5) is 11.4 Å². The Hall–Kier alpha value is -4.13. The van der Waals surface area contributed by atoms with Gasteiger partial charge < -0.3 is 15.4 Å². The number of anilines is 2. The molecule has 0 radical (unpaired) electrons. The lowest BCUT2D eigenvalue weighted by molar-refractivity contribution is -0.139. The van der Waals surface area contributed by atoms with Crippen molar-refractivity contribution in [1.82, 2.24) is 4.90 Å². The Balaban J connectivity index is 1.36. The number of nitrogens with one attached hydrogen (secondary N) is 2. The monoisotopic (exact) mass is 429 g/mol. The molecule has 3 aromatic rings. The Morgan fingerprint density at radius 3 is 2.25 bits per heavy atom. The van der Waals surface area contributed by atoms with Gasteiger partial charge in [0.25, 0.3) is 11.8 Å². The Morgan fingerprint density at radius 1 is 0.938 bits per heavy atom. The highest BCUT2D eigenvalue weighted by atomic mass is 16.5. The molecule has 1 fully saturated rings. The Kier molecular flexibility index (Phi) is 6.17. The van der Waals surface area contributed by atoms with Crippen LogP contribution in [0.25, 0.3) is 0 Å². The molecule has 1 atom stereocenters. The molecule has 1 aliphatic heterocycles. The molecule has 0 bridgehead atoms. The molecule has 1 heterocycles. The van der Waals surface area contributed by atoms with Crippen LogP contribution in [0, 0.1) is 0 Å².